The highest BCUT2D eigenvalue weighted by Gasteiger charge is 2.16. The molecule has 2 rings (SSSR count). The summed E-state index contributed by atoms with van der Waals surface area (Å²) in [7, 11) is 1.84. The van der Waals surface area contributed by atoms with E-state index in [-0.39, 0.29) is 5.91 Å². The Hall–Kier alpha value is -1.55. The Morgan fingerprint density at radius 1 is 1.30 bits per heavy atom. The number of aryl methyl sites for hydroxylation is 2. The fraction of sp³-hybridized carbons (Fsp3) is 0.312. The number of hydrogen-bond acceptors (Lipinski definition) is 1. The number of benzene rings is 1. The normalized spacial score (nSPS) is 10.6. The molecule has 4 heteroatoms. The molecule has 1 aromatic heterocycles. The Morgan fingerprint density at radius 2 is 1.95 bits per heavy atom. The number of amides is 1. The van der Waals surface area contributed by atoms with Gasteiger partial charge >= 0.3 is 0 Å². The highest BCUT2D eigenvalue weighted by Crippen LogP contribution is 2.17. The summed E-state index contributed by atoms with van der Waals surface area (Å²) in [6.45, 7) is 5.49. The Balaban J connectivity index is 2.14. The number of nitrogens with zero attached hydrogens (tertiary/aromatic N) is 2. The summed E-state index contributed by atoms with van der Waals surface area (Å²) in [5.41, 5.74) is 3.08. The van der Waals surface area contributed by atoms with E-state index in [2.05, 4.69) is 47.1 Å². The van der Waals surface area contributed by atoms with Crippen LogP contribution in [-0.4, -0.2) is 22.4 Å². The van der Waals surface area contributed by atoms with Crippen molar-refractivity contribution in [1.29, 1.82) is 0 Å². The van der Waals surface area contributed by atoms with Crippen molar-refractivity contribution in [2.75, 3.05) is 7.05 Å². The Bertz CT molecular complexity index is 601. The molecule has 0 radical (unpaired) electrons. The molecule has 1 aromatic carbocycles. The molecule has 2 aromatic rings. The lowest BCUT2D eigenvalue weighted by Gasteiger charge is -2.18. The van der Waals surface area contributed by atoms with Crippen molar-refractivity contribution in [3.63, 3.8) is 0 Å². The highest BCUT2D eigenvalue weighted by atomic mass is 79.9. The summed E-state index contributed by atoms with van der Waals surface area (Å²) >= 11 is 3.42. The predicted molar refractivity (Wildman–Crippen MR) is 84.8 cm³/mol. The number of rotatable bonds is 4. The molecule has 0 N–H and O–H groups in total. The van der Waals surface area contributed by atoms with E-state index in [1.807, 2.05) is 30.8 Å². The number of hydrogen-bond donors (Lipinski definition) is 0. The van der Waals surface area contributed by atoms with Gasteiger partial charge in [-0.3, -0.25) is 4.79 Å². The van der Waals surface area contributed by atoms with E-state index in [0.717, 1.165) is 16.6 Å². The van der Waals surface area contributed by atoms with Crippen molar-refractivity contribution in [2.24, 2.45) is 0 Å². The molecule has 0 atom stereocenters. The van der Waals surface area contributed by atoms with Crippen LogP contribution >= 0.6 is 15.9 Å². The predicted octanol–water partition coefficient (Wildman–Crippen LogP) is 3.85. The van der Waals surface area contributed by atoms with E-state index in [4.69, 9.17) is 0 Å². The molecule has 1 amide bonds. The third kappa shape index (κ3) is 3.31. The van der Waals surface area contributed by atoms with Crippen LogP contribution in [0.3, 0.4) is 0 Å². The summed E-state index contributed by atoms with van der Waals surface area (Å²) < 4.78 is 2.89. The summed E-state index contributed by atoms with van der Waals surface area (Å²) in [4.78, 5) is 14.2. The number of halogens is 1. The van der Waals surface area contributed by atoms with E-state index in [1.54, 1.807) is 4.90 Å². The minimum atomic E-state index is 0.0399. The van der Waals surface area contributed by atoms with Gasteiger partial charge in [0, 0.05) is 30.8 Å². The van der Waals surface area contributed by atoms with Gasteiger partial charge in [-0.15, -0.1) is 0 Å². The van der Waals surface area contributed by atoms with Gasteiger partial charge in [0.25, 0.3) is 5.91 Å². The maximum atomic E-state index is 12.5. The number of aromatic nitrogens is 1. The molecule has 0 saturated heterocycles. The van der Waals surface area contributed by atoms with Gasteiger partial charge in [0.05, 0.1) is 0 Å². The monoisotopic (exact) mass is 334 g/mol. The second-order valence-corrected chi connectivity index (χ2v) is 5.89. The summed E-state index contributed by atoms with van der Waals surface area (Å²) in [6.07, 6.45) is 1.94. The van der Waals surface area contributed by atoms with E-state index < -0.39 is 0 Å². The first kappa shape index (κ1) is 14.9. The first-order valence-electron chi connectivity index (χ1n) is 6.68. The molecule has 0 aliphatic heterocycles. The van der Waals surface area contributed by atoms with Crippen LogP contribution in [-0.2, 0) is 13.1 Å². The number of carbonyl (C=O) groups excluding carboxylic acids is 1. The molecule has 0 spiro atoms. The molecule has 1 heterocycles. The molecule has 0 aliphatic carbocycles. The van der Waals surface area contributed by atoms with Crippen molar-refractivity contribution < 1.29 is 4.79 Å². The molecular formula is C16H19BrN2O. The fourth-order valence-corrected chi connectivity index (χ4v) is 2.61. The molecule has 0 bridgehead atoms. The van der Waals surface area contributed by atoms with Gasteiger partial charge in [0.1, 0.15) is 5.69 Å². The molecule has 20 heavy (non-hydrogen) atoms. The minimum absolute atomic E-state index is 0.0399. The first-order chi connectivity index (χ1) is 9.51. The smallest absolute Gasteiger partial charge is 0.270 e. The van der Waals surface area contributed by atoms with Crippen LogP contribution in [0.1, 0.15) is 28.5 Å². The number of carbonyl (C=O) groups is 1. The lowest BCUT2D eigenvalue weighted by atomic mass is 10.1. The second kappa shape index (κ2) is 6.27. The Kier molecular flexibility index (Phi) is 4.65. The highest BCUT2D eigenvalue weighted by molar-refractivity contribution is 9.10. The van der Waals surface area contributed by atoms with Gasteiger partial charge in [-0.2, -0.15) is 0 Å². The quantitative estimate of drug-likeness (QED) is 0.833. The average Bonchev–Trinajstić information content (AvgIpc) is 2.81. The molecule has 0 fully saturated rings. The Labute approximate surface area is 128 Å². The van der Waals surface area contributed by atoms with Crippen LogP contribution in [0.2, 0.25) is 0 Å². The van der Waals surface area contributed by atoms with Crippen molar-refractivity contribution in [3.05, 3.63) is 57.8 Å². The zero-order valence-corrected chi connectivity index (χ0v) is 13.6. The van der Waals surface area contributed by atoms with Gasteiger partial charge in [-0.1, -0.05) is 29.8 Å². The van der Waals surface area contributed by atoms with Crippen LogP contribution in [0, 0.1) is 6.92 Å². The maximum Gasteiger partial charge on any atom is 0.270 e. The largest absolute Gasteiger partial charge is 0.343 e. The van der Waals surface area contributed by atoms with Crippen LogP contribution < -0.4 is 0 Å². The molecule has 0 unspecified atom stereocenters. The van der Waals surface area contributed by atoms with Crippen molar-refractivity contribution in [2.45, 2.75) is 26.9 Å². The zero-order chi connectivity index (χ0) is 14.7. The topological polar surface area (TPSA) is 25.2 Å². The molecule has 0 aliphatic rings. The first-order valence-corrected chi connectivity index (χ1v) is 7.47. The molecule has 106 valence electrons. The van der Waals surface area contributed by atoms with E-state index in [9.17, 15) is 4.79 Å². The van der Waals surface area contributed by atoms with E-state index in [1.165, 1.54) is 5.56 Å². The summed E-state index contributed by atoms with van der Waals surface area (Å²) in [5, 5.41) is 0. The van der Waals surface area contributed by atoms with Crippen LogP contribution in [0.5, 0.6) is 0 Å². The standard InChI is InChI=1S/C16H19BrN2O/c1-4-19-11-14(17)9-15(19)16(20)18(3)10-13-7-5-12(2)6-8-13/h5-9,11H,4,10H2,1-3H3. The third-order valence-corrected chi connectivity index (χ3v) is 3.74. The van der Waals surface area contributed by atoms with Gasteiger partial charge < -0.3 is 9.47 Å². The summed E-state index contributed by atoms with van der Waals surface area (Å²) in [5.74, 6) is 0.0399. The van der Waals surface area contributed by atoms with Crippen molar-refractivity contribution in [1.82, 2.24) is 9.47 Å². The van der Waals surface area contributed by atoms with Crippen molar-refractivity contribution in [3.8, 4) is 0 Å². The summed E-state index contributed by atoms with van der Waals surface area (Å²) in [6, 6.07) is 10.1. The molecule has 0 saturated carbocycles. The van der Waals surface area contributed by atoms with E-state index in [0.29, 0.717) is 12.2 Å². The van der Waals surface area contributed by atoms with Crippen molar-refractivity contribution >= 4 is 21.8 Å². The fourth-order valence-electron chi connectivity index (χ4n) is 2.15. The van der Waals surface area contributed by atoms with Crippen LogP contribution in [0.25, 0.3) is 0 Å². The van der Waals surface area contributed by atoms with E-state index >= 15 is 0 Å². The SMILES string of the molecule is CCn1cc(Br)cc1C(=O)N(C)Cc1ccc(C)cc1. The molecule has 3 nitrogen and oxygen atoms in total. The van der Waals surface area contributed by atoms with Gasteiger partial charge in [0.2, 0.25) is 0 Å². The second-order valence-electron chi connectivity index (χ2n) is 4.98. The maximum absolute atomic E-state index is 12.5. The lowest BCUT2D eigenvalue weighted by molar-refractivity contribution is 0.0774. The van der Waals surface area contributed by atoms with Gasteiger partial charge in [-0.25, -0.2) is 0 Å². The lowest BCUT2D eigenvalue weighted by Crippen LogP contribution is -2.28. The molecular weight excluding hydrogens is 316 g/mol. The van der Waals surface area contributed by atoms with Crippen LogP contribution in [0.4, 0.5) is 0 Å². The zero-order valence-electron chi connectivity index (χ0n) is 12.1. The average molecular weight is 335 g/mol. The Morgan fingerprint density at radius 3 is 2.55 bits per heavy atom. The van der Waals surface area contributed by atoms with Gasteiger partial charge in [-0.05, 0) is 41.4 Å². The van der Waals surface area contributed by atoms with Gasteiger partial charge in [0.15, 0.2) is 0 Å². The minimum Gasteiger partial charge on any atom is -0.343 e. The van der Waals surface area contributed by atoms with Crippen LogP contribution in [0.15, 0.2) is 41.0 Å². The third-order valence-electron chi connectivity index (χ3n) is 3.31.